The molecule has 8 nitrogen and oxygen atoms in total. The van der Waals surface area contributed by atoms with Crippen molar-refractivity contribution in [3.8, 4) is 0 Å². The van der Waals surface area contributed by atoms with E-state index in [2.05, 4.69) is 25.3 Å². The number of hydrogen-bond donors (Lipinski definition) is 2. The van der Waals surface area contributed by atoms with Crippen LogP contribution in [0.1, 0.15) is 50.3 Å². The number of hydrogen-bond acceptors (Lipinski definition) is 6. The number of nitrogens with one attached hydrogen (secondary N) is 2. The molecule has 0 spiro atoms. The van der Waals surface area contributed by atoms with Crippen molar-refractivity contribution in [2.24, 2.45) is 4.99 Å². The van der Waals surface area contributed by atoms with E-state index in [0.29, 0.717) is 37.9 Å². The molecule has 33 heavy (non-hydrogen) atoms. The third-order valence-corrected chi connectivity index (χ3v) is 5.08. The number of carbonyl (C=O) groups is 1. The predicted octanol–water partition coefficient (Wildman–Crippen LogP) is 5.04. The number of anilines is 2. The summed E-state index contributed by atoms with van der Waals surface area (Å²) < 4.78 is 5.45. The van der Waals surface area contributed by atoms with E-state index in [9.17, 15) is 4.79 Å². The van der Waals surface area contributed by atoms with Gasteiger partial charge < -0.3 is 19.9 Å². The monoisotopic (exact) mass is 448 g/mol. The highest BCUT2D eigenvalue weighted by Gasteiger charge is 2.19. The first-order chi connectivity index (χ1) is 16.2. The minimum atomic E-state index is 0.00241. The number of aromatic nitrogens is 3. The summed E-state index contributed by atoms with van der Waals surface area (Å²) in [4.78, 5) is 31.2. The van der Waals surface area contributed by atoms with Gasteiger partial charge >= 0.3 is 0 Å². The molecule has 2 aromatic heterocycles. The summed E-state index contributed by atoms with van der Waals surface area (Å²) in [7, 11) is 0. The molecule has 1 saturated heterocycles. The van der Waals surface area contributed by atoms with Gasteiger partial charge in [0.15, 0.2) is 0 Å². The Kier molecular flexibility index (Phi) is 8.71. The Labute approximate surface area is 194 Å². The summed E-state index contributed by atoms with van der Waals surface area (Å²) in [6, 6.07) is 9.57. The topological polar surface area (TPSA) is 95.5 Å². The molecule has 2 N–H and O–H groups in total. The lowest BCUT2D eigenvalue weighted by Gasteiger charge is -2.18. The summed E-state index contributed by atoms with van der Waals surface area (Å²) in [5.74, 6) is 0.488. The summed E-state index contributed by atoms with van der Waals surface area (Å²) in [5, 5.41) is 4.19. The average molecular weight is 449 g/mol. The van der Waals surface area contributed by atoms with E-state index in [0.717, 1.165) is 34.4 Å². The number of nitrogens with zero attached hydrogens (tertiary/aromatic N) is 4. The number of benzene rings is 1. The number of fused-ring (bicyclic) bond motifs is 1. The van der Waals surface area contributed by atoms with Crippen LogP contribution in [0.5, 0.6) is 0 Å². The van der Waals surface area contributed by atoms with E-state index in [1.54, 1.807) is 12.4 Å². The van der Waals surface area contributed by atoms with Crippen LogP contribution in [0.2, 0.25) is 0 Å². The van der Waals surface area contributed by atoms with E-state index >= 15 is 0 Å². The van der Waals surface area contributed by atoms with Gasteiger partial charge in [0, 0.05) is 48.7 Å². The summed E-state index contributed by atoms with van der Waals surface area (Å²) in [6.45, 7) is 10.4. The van der Waals surface area contributed by atoms with Crippen LogP contribution in [0, 0.1) is 0 Å². The van der Waals surface area contributed by atoms with Gasteiger partial charge in [-0.2, -0.15) is 0 Å². The summed E-state index contributed by atoms with van der Waals surface area (Å²) in [5.41, 5.74) is 3.86. The molecule has 1 fully saturated rings. The van der Waals surface area contributed by atoms with Crippen molar-refractivity contribution in [3.63, 3.8) is 0 Å². The quantitative estimate of drug-likeness (QED) is 0.533. The number of H-pyrrole nitrogens is 1. The number of allylic oxidation sites excluding steroid dienone is 1. The van der Waals surface area contributed by atoms with Crippen LogP contribution in [0.15, 0.2) is 47.6 Å². The van der Waals surface area contributed by atoms with Gasteiger partial charge in [-0.1, -0.05) is 19.9 Å². The molecule has 0 atom stereocenters. The standard InChI is InChI=1S/C23H26N6O2.C2H6/c1-3-18(24-4-2)20-8-9-25-23(28-20)26-17-6-7-19-16(14-17)15-21(27-19)22(30)29-10-5-12-31-13-11-29;1-2/h3-4,6-9,14-15,27H,5,10-13H2,1-2H3,(H,25,26,28);1-2H3/b18-3-,24-4?;. The van der Waals surface area contributed by atoms with Gasteiger partial charge in [-0.05, 0) is 50.6 Å². The molecule has 0 aliphatic carbocycles. The van der Waals surface area contributed by atoms with Gasteiger partial charge in [0.2, 0.25) is 5.95 Å². The highest BCUT2D eigenvalue weighted by atomic mass is 16.5. The second-order valence-corrected chi connectivity index (χ2v) is 7.19. The van der Waals surface area contributed by atoms with Crippen molar-refractivity contribution in [1.82, 2.24) is 19.9 Å². The lowest BCUT2D eigenvalue weighted by molar-refractivity contribution is 0.0736. The van der Waals surface area contributed by atoms with E-state index in [4.69, 9.17) is 4.74 Å². The van der Waals surface area contributed by atoms with Crippen molar-refractivity contribution < 1.29 is 9.53 Å². The third kappa shape index (κ3) is 6.04. The van der Waals surface area contributed by atoms with Crippen molar-refractivity contribution in [3.05, 3.63) is 54.0 Å². The van der Waals surface area contributed by atoms with E-state index in [-0.39, 0.29) is 5.91 Å². The molecule has 0 unspecified atom stereocenters. The first kappa shape index (κ1) is 24.1. The number of rotatable bonds is 5. The second kappa shape index (κ2) is 11.9. The highest BCUT2D eigenvalue weighted by Crippen LogP contribution is 2.23. The third-order valence-electron chi connectivity index (χ3n) is 5.08. The van der Waals surface area contributed by atoms with Gasteiger partial charge in [0.1, 0.15) is 5.69 Å². The fourth-order valence-electron chi connectivity index (χ4n) is 3.56. The molecule has 0 bridgehead atoms. The molecule has 1 aliphatic rings. The SMILES string of the molecule is CC.CC=N/C(=C\C)c1ccnc(Nc2ccc3[nH]c(C(=O)N4CCCOCC4)cc3c2)n1. The van der Waals surface area contributed by atoms with Crippen LogP contribution in [-0.4, -0.2) is 58.3 Å². The van der Waals surface area contributed by atoms with Crippen LogP contribution >= 0.6 is 0 Å². The summed E-state index contributed by atoms with van der Waals surface area (Å²) in [6.07, 6.45) is 6.21. The zero-order valence-electron chi connectivity index (χ0n) is 19.8. The number of amides is 1. The van der Waals surface area contributed by atoms with Crippen LogP contribution < -0.4 is 5.32 Å². The minimum Gasteiger partial charge on any atom is -0.380 e. The fraction of sp³-hybridized carbons (Fsp3) is 0.360. The molecule has 3 heterocycles. The lowest BCUT2D eigenvalue weighted by Crippen LogP contribution is -2.33. The molecule has 8 heteroatoms. The Balaban J connectivity index is 0.00000149. The largest absolute Gasteiger partial charge is 0.380 e. The van der Waals surface area contributed by atoms with E-state index < -0.39 is 0 Å². The van der Waals surface area contributed by atoms with Crippen molar-refractivity contribution in [2.75, 3.05) is 31.6 Å². The number of aliphatic imine (C=N–C) groups is 1. The molecule has 1 aromatic carbocycles. The lowest BCUT2D eigenvalue weighted by atomic mass is 10.2. The van der Waals surface area contributed by atoms with E-state index in [1.165, 1.54) is 0 Å². The zero-order chi connectivity index (χ0) is 23.6. The maximum absolute atomic E-state index is 12.9. The predicted molar refractivity (Wildman–Crippen MR) is 134 cm³/mol. The van der Waals surface area contributed by atoms with Gasteiger partial charge in [-0.15, -0.1) is 0 Å². The van der Waals surface area contributed by atoms with Crippen LogP contribution in [-0.2, 0) is 4.74 Å². The first-order valence-electron chi connectivity index (χ1n) is 11.4. The van der Waals surface area contributed by atoms with Crippen LogP contribution in [0.3, 0.4) is 0 Å². The molecule has 4 rings (SSSR count). The van der Waals surface area contributed by atoms with Gasteiger partial charge in [0.25, 0.3) is 5.91 Å². The Morgan fingerprint density at radius 1 is 1.18 bits per heavy atom. The van der Waals surface area contributed by atoms with Crippen molar-refractivity contribution in [1.29, 1.82) is 0 Å². The first-order valence-corrected chi connectivity index (χ1v) is 11.4. The number of carbonyl (C=O) groups excluding carboxylic acids is 1. The van der Waals surface area contributed by atoms with Crippen molar-refractivity contribution >= 4 is 40.4 Å². The van der Waals surface area contributed by atoms with E-state index in [1.807, 2.05) is 69.0 Å². The Morgan fingerprint density at radius 2 is 2.03 bits per heavy atom. The number of ether oxygens (including phenoxy) is 1. The molecular formula is C25H32N6O2. The smallest absolute Gasteiger partial charge is 0.270 e. The molecule has 174 valence electrons. The second-order valence-electron chi connectivity index (χ2n) is 7.19. The van der Waals surface area contributed by atoms with Gasteiger partial charge in [-0.25, -0.2) is 9.97 Å². The summed E-state index contributed by atoms with van der Waals surface area (Å²) >= 11 is 0. The fourth-order valence-corrected chi connectivity index (χ4v) is 3.56. The highest BCUT2D eigenvalue weighted by molar-refractivity contribution is 5.98. The number of aromatic amines is 1. The van der Waals surface area contributed by atoms with Crippen LogP contribution in [0.4, 0.5) is 11.6 Å². The zero-order valence-corrected chi connectivity index (χ0v) is 19.8. The molecule has 0 radical (unpaired) electrons. The normalized spacial score (nSPS) is 14.7. The Morgan fingerprint density at radius 3 is 2.82 bits per heavy atom. The van der Waals surface area contributed by atoms with Crippen LogP contribution in [0.25, 0.3) is 16.6 Å². The van der Waals surface area contributed by atoms with Gasteiger partial charge in [-0.3, -0.25) is 9.79 Å². The molecule has 1 amide bonds. The Bertz CT molecular complexity index is 1130. The molecule has 3 aromatic rings. The van der Waals surface area contributed by atoms with Crippen molar-refractivity contribution in [2.45, 2.75) is 34.1 Å². The average Bonchev–Trinajstić information content (AvgIpc) is 3.08. The molecule has 0 saturated carbocycles. The maximum Gasteiger partial charge on any atom is 0.270 e. The molecule has 1 aliphatic heterocycles. The molecular weight excluding hydrogens is 416 g/mol. The maximum atomic E-state index is 12.9. The van der Waals surface area contributed by atoms with Gasteiger partial charge in [0.05, 0.1) is 18.0 Å². The minimum absolute atomic E-state index is 0.00241. The Hall–Kier alpha value is -3.52.